The van der Waals surface area contributed by atoms with Crippen LogP contribution in [-0.4, -0.2) is 18.1 Å². The SMILES string of the molecule is C=C(C)CN1C(=O)C(CC)(CC)Oc2ccc(N)cc21. The molecular weight excluding hydrogens is 252 g/mol. The van der Waals surface area contributed by atoms with E-state index in [2.05, 4.69) is 6.58 Å². The van der Waals surface area contributed by atoms with Crippen LogP contribution in [-0.2, 0) is 4.79 Å². The Hall–Kier alpha value is -1.97. The Morgan fingerprint density at radius 2 is 2.05 bits per heavy atom. The highest BCUT2D eigenvalue weighted by molar-refractivity contribution is 6.03. The number of ether oxygens (including phenoxy) is 1. The molecule has 1 aromatic carbocycles. The molecule has 0 unspecified atom stereocenters. The lowest BCUT2D eigenvalue weighted by Crippen LogP contribution is -2.56. The molecule has 0 saturated heterocycles. The van der Waals surface area contributed by atoms with Crippen molar-refractivity contribution in [1.29, 1.82) is 0 Å². The normalized spacial score (nSPS) is 16.6. The van der Waals surface area contributed by atoms with Gasteiger partial charge in [0.2, 0.25) is 0 Å². The van der Waals surface area contributed by atoms with Gasteiger partial charge in [0, 0.05) is 12.2 Å². The highest BCUT2D eigenvalue weighted by Gasteiger charge is 2.45. The van der Waals surface area contributed by atoms with Gasteiger partial charge < -0.3 is 15.4 Å². The second kappa shape index (κ2) is 5.19. The summed E-state index contributed by atoms with van der Waals surface area (Å²) in [6, 6.07) is 5.41. The molecule has 20 heavy (non-hydrogen) atoms. The van der Waals surface area contributed by atoms with Gasteiger partial charge in [0.1, 0.15) is 5.75 Å². The molecular formula is C16H22N2O2. The van der Waals surface area contributed by atoms with Gasteiger partial charge in [-0.15, -0.1) is 0 Å². The van der Waals surface area contributed by atoms with E-state index in [0.717, 1.165) is 11.3 Å². The Balaban J connectivity index is 2.55. The first-order valence-electron chi connectivity index (χ1n) is 6.98. The van der Waals surface area contributed by atoms with Crippen molar-refractivity contribution in [3.63, 3.8) is 0 Å². The molecule has 2 rings (SSSR count). The van der Waals surface area contributed by atoms with Gasteiger partial charge in [-0.3, -0.25) is 4.79 Å². The number of carbonyl (C=O) groups is 1. The molecule has 1 aliphatic heterocycles. The number of carbonyl (C=O) groups excluding carboxylic acids is 1. The van der Waals surface area contributed by atoms with Gasteiger partial charge in [0.25, 0.3) is 5.91 Å². The largest absolute Gasteiger partial charge is 0.475 e. The minimum atomic E-state index is -0.779. The lowest BCUT2D eigenvalue weighted by Gasteiger charge is -2.42. The molecule has 1 amide bonds. The molecule has 1 heterocycles. The van der Waals surface area contributed by atoms with Crippen molar-refractivity contribution < 1.29 is 9.53 Å². The van der Waals surface area contributed by atoms with Gasteiger partial charge in [-0.25, -0.2) is 0 Å². The van der Waals surface area contributed by atoms with Crippen molar-refractivity contribution in [1.82, 2.24) is 0 Å². The maximum absolute atomic E-state index is 12.8. The summed E-state index contributed by atoms with van der Waals surface area (Å²) in [5.41, 5.74) is 7.33. The van der Waals surface area contributed by atoms with E-state index in [1.165, 1.54) is 0 Å². The molecule has 4 heteroatoms. The molecule has 0 aromatic heterocycles. The molecule has 108 valence electrons. The Labute approximate surface area is 120 Å². The molecule has 1 aliphatic rings. The lowest BCUT2D eigenvalue weighted by molar-refractivity contribution is -0.136. The lowest BCUT2D eigenvalue weighted by atomic mass is 9.92. The summed E-state index contributed by atoms with van der Waals surface area (Å²) in [6.45, 7) is 10.3. The molecule has 0 spiro atoms. The van der Waals surface area contributed by atoms with E-state index in [0.29, 0.717) is 30.8 Å². The van der Waals surface area contributed by atoms with Gasteiger partial charge in [-0.2, -0.15) is 0 Å². The van der Waals surface area contributed by atoms with Gasteiger partial charge in [0.15, 0.2) is 5.60 Å². The molecule has 2 N–H and O–H groups in total. The van der Waals surface area contributed by atoms with E-state index in [9.17, 15) is 4.79 Å². The van der Waals surface area contributed by atoms with Gasteiger partial charge in [-0.1, -0.05) is 26.0 Å². The van der Waals surface area contributed by atoms with Crippen LogP contribution in [0.4, 0.5) is 11.4 Å². The maximum Gasteiger partial charge on any atom is 0.271 e. The number of nitrogens with zero attached hydrogens (tertiary/aromatic N) is 1. The van der Waals surface area contributed by atoms with E-state index in [1.807, 2.05) is 26.8 Å². The van der Waals surface area contributed by atoms with Crippen LogP contribution in [0.15, 0.2) is 30.4 Å². The van der Waals surface area contributed by atoms with E-state index in [1.54, 1.807) is 17.0 Å². The highest BCUT2D eigenvalue weighted by Crippen LogP contribution is 2.41. The third-order valence-corrected chi connectivity index (χ3v) is 3.78. The van der Waals surface area contributed by atoms with Gasteiger partial charge >= 0.3 is 0 Å². The van der Waals surface area contributed by atoms with E-state index >= 15 is 0 Å². The van der Waals surface area contributed by atoms with Crippen LogP contribution in [0.5, 0.6) is 5.75 Å². The van der Waals surface area contributed by atoms with E-state index in [-0.39, 0.29) is 5.91 Å². The molecule has 4 nitrogen and oxygen atoms in total. The first kappa shape index (κ1) is 14.4. The fourth-order valence-corrected chi connectivity index (χ4v) is 2.56. The van der Waals surface area contributed by atoms with Crippen molar-refractivity contribution in [2.75, 3.05) is 17.2 Å². The van der Waals surface area contributed by atoms with Crippen molar-refractivity contribution in [2.24, 2.45) is 0 Å². The number of fused-ring (bicyclic) bond motifs is 1. The monoisotopic (exact) mass is 274 g/mol. The number of hydrogen-bond donors (Lipinski definition) is 1. The number of nitrogen functional groups attached to an aromatic ring is 1. The Kier molecular flexibility index (Phi) is 3.75. The first-order valence-corrected chi connectivity index (χ1v) is 6.98. The third-order valence-electron chi connectivity index (χ3n) is 3.78. The van der Waals surface area contributed by atoms with Crippen molar-refractivity contribution in [2.45, 2.75) is 39.2 Å². The van der Waals surface area contributed by atoms with Crippen molar-refractivity contribution in [3.05, 3.63) is 30.4 Å². The molecule has 0 radical (unpaired) electrons. The minimum absolute atomic E-state index is 0.0106. The molecule has 0 saturated carbocycles. The summed E-state index contributed by atoms with van der Waals surface area (Å²) in [7, 11) is 0. The van der Waals surface area contributed by atoms with Crippen LogP contribution in [0.2, 0.25) is 0 Å². The van der Waals surface area contributed by atoms with Gasteiger partial charge in [0.05, 0.1) is 5.69 Å². The first-order chi connectivity index (χ1) is 9.43. The van der Waals surface area contributed by atoms with Gasteiger partial charge in [-0.05, 0) is 38.0 Å². The summed E-state index contributed by atoms with van der Waals surface area (Å²) in [5.74, 6) is 0.701. The Morgan fingerprint density at radius 3 is 2.60 bits per heavy atom. The number of rotatable bonds is 4. The molecule has 0 bridgehead atoms. The number of nitrogens with two attached hydrogens (primary N) is 1. The van der Waals surface area contributed by atoms with Crippen LogP contribution in [0.3, 0.4) is 0 Å². The Morgan fingerprint density at radius 1 is 1.40 bits per heavy atom. The highest BCUT2D eigenvalue weighted by atomic mass is 16.5. The zero-order valence-electron chi connectivity index (χ0n) is 12.4. The van der Waals surface area contributed by atoms with E-state index < -0.39 is 5.60 Å². The molecule has 0 fully saturated rings. The van der Waals surface area contributed by atoms with Crippen LogP contribution < -0.4 is 15.4 Å². The van der Waals surface area contributed by atoms with Crippen LogP contribution >= 0.6 is 0 Å². The minimum Gasteiger partial charge on any atom is -0.475 e. The average Bonchev–Trinajstić information content (AvgIpc) is 2.42. The standard InChI is InChI=1S/C16H22N2O2/c1-5-16(6-2)15(19)18(10-11(3)4)13-9-12(17)7-8-14(13)20-16/h7-9H,3,5-6,10,17H2,1-2,4H3. The van der Waals surface area contributed by atoms with Crippen LogP contribution in [0.25, 0.3) is 0 Å². The summed E-state index contributed by atoms with van der Waals surface area (Å²) in [4.78, 5) is 14.6. The number of amides is 1. The van der Waals surface area contributed by atoms with Crippen LogP contribution in [0, 0.1) is 0 Å². The fourth-order valence-electron chi connectivity index (χ4n) is 2.56. The predicted octanol–water partition coefficient (Wildman–Crippen LogP) is 3.13. The summed E-state index contributed by atoms with van der Waals surface area (Å²) >= 11 is 0. The Bertz CT molecular complexity index is 547. The number of anilines is 2. The summed E-state index contributed by atoms with van der Waals surface area (Å²) < 4.78 is 6.02. The second-order valence-corrected chi connectivity index (χ2v) is 5.38. The second-order valence-electron chi connectivity index (χ2n) is 5.38. The topological polar surface area (TPSA) is 55.6 Å². The molecule has 0 atom stereocenters. The quantitative estimate of drug-likeness (QED) is 0.678. The zero-order chi connectivity index (χ0) is 14.9. The van der Waals surface area contributed by atoms with Crippen molar-refractivity contribution >= 4 is 17.3 Å². The molecule has 0 aliphatic carbocycles. The van der Waals surface area contributed by atoms with Crippen molar-refractivity contribution in [3.8, 4) is 5.75 Å². The third kappa shape index (κ3) is 2.26. The maximum atomic E-state index is 12.8. The summed E-state index contributed by atoms with van der Waals surface area (Å²) in [6.07, 6.45) is 1.28. The van der Waals surface area contributed by atoms with E-state index in [4.69, 9.17) is 10.5 Å². The van der Waals surface area contributed by atoms with Crippen LogP contribution in [0.1, 0.15) is 33.6 Å². The zero-order valence-corrected chi connectivity index (χ0v) is 12.4. The fraction of sp³-hybridized carbons (Fsp3) is 0.438. The molecule has 1 aromatic rings. The number of hydrogen-bond acceptors (Lipinski definition) is 3. The number of benzene rings is 1. The summed E-state index contributed by atoms with van der Waals surface area (Å²) in [5, 5.41) is 0. The predicted molar refractivity (Wildman–Crippen MR) is 82.0 cm³/mol. The average molecular weight is 274 g/mol. The smallest absolute Gasteiger partial charge is 0.271 e.